The van der Waals surface area contributed by atoms with E-state index in [4.69, 9.17) is 10.3 Å². The zero-order valence-corrected chi connectivity index (χ0v) is 14.4. The summed E-state index contributed by atoms with van der Waals surface area (Å²) in [4.78, 5) is 4.75. The molecule has 26 heavy (non-hydrogen) atoms. The first-order valence-electron chi connectivity index (χ1n) is 8.89. The van der Waals surface area contributed by atoms with Gasteiger partial charge >= 0.3 is 0 Å². The molecule has 0 saturated carbocycles. The second-order valence-electron chi connectivity index (χ2n) is 6.49. The van der Waals surface area contributed by atoms with Crippen molar-refractivity contribution in [1.82, 2.24) is 10.6 Å². The van der Waals surface area contributed by atoms with Crippen molar-refractivity contribution in [3.63, 3.8) is 0 Å². The average molecular weight is 340 g/mol. The lowest BCUT2D eigenvalue weighted by Gasteiger charge is -2.32. The fourth-order valence-corrected chi connectivity index (χ4v) is 3.64. The number of rotatable bonds is 2. The van der Waals surface area contributed by atoms with Crippen LogP contribution in [0.1, 0.15) is 36.4 Å². The topological polar surface area (TPSA) is 60.2 Å². The highest BCUT2D eigenvalue weighted by atomic mass is 15.2. The van der Waals surface area contributed by atoms with Crippen molar-refractivity contribution in [3.05, 3.63) is 88.6 Å². The summed E-state index contributed by atoms with van der Waals surface area (Å²) in [5, 5.41) is 15.1. The summed E-state index contributed by atoms with van der Waals surface area (Å²) in [6.45, 7) is 0. The molecule has 0 radical (unpaired) electrons. The first kappa shape index (κ1) is 16.2. The van der Waals surface area contributed by atoms with Gasteiger partial charge in [0.15, 0.2) is 6.19 Å². The fourth-order valence-electron chi connectivity index (χ4n) is 3.64. The average Bonchev–Trinajstić information content (AvgIpc) is 2.70. The van der Waals surface area contributed by atoms with Crippen molar-refractivity contribution >= 4 is 12.0 Å². The van der Waals surface area contributed by atoms with Gasteiger partial charge in [0.05, 0.1) is 0 Å². The van der Waals surface area contributed by atoms with Gasteiger partial charge in [0.25, 0.3) is 0 Å². The van der Waals surface area contributed by atoms with Gasteiger partial charge in [-0.05, 0) is 47.6 Å². The molecule has 1 aliphatic carbocycles. The molecule has 2 aromatic carbocycles. The zero-order valence-electron chi connectivity index (χ0n) is 14.4. The van der Waals surface area contributed by atoms with Gasteiger partial charge in [-0.2, -0.15) is 5.26 Å². The molecule has 1 unspecified atom stereocenters. The first-order chi connectivity index (χ1) is 12.8. The number of hydrogen-bond donors (Lipinski definition) is 2. The minimum atomic E-state index is -0.0530. The lowest BCUT2D eigenvalue weighted by molar-refractivity contribution is 0.651. The predicted molar refractivity (Wildman–Crippen MR) is 104 cm³/mol. The Hall–Kier alpha value is -3.32. The molecule has 1 aliphatic heterocycles. The van der Waals surface area contributed by atoms with Crippen molar-refractivity contribution in [3.8, 4) is 6.19 Å². The van der Waals surface area contributed by atoms with E-state index in [1.54, 1.807) is 0 Å². The lowest BCUT2D eigenvalue weighted by atomic mass is 9.84. The van der Waals surface area contributed by atoms with Gasteiger partial charge in [-0.1, -0.05) is 60.7 Å². The molecular weight excluding hydrogens is 320 g/mol. The molecule has 2 N–H and O–H groups in total. The van der Waals surface area contributed by atoms with Crippen LogP contribution in [0.4, 0.5) is 0 Å². The molecule has 0 bridgehead atoms. The Bertz CT molecular complexity index is 918. The number of guanidine groups is 1. The largest absolute Gasteiger partial charge is 0.325 e. The second-order valence-corrected chi connectivity index (χ2v) is 6.49. The molecular formula is C22H20N4. The van der Waals surface area contributed by atoms with E-state index < -0.39 is 0 Å². The summed E-state index contributed by atoms with van der Waals surface area (Å²) in [7, 11) is 0. The standard InChI is InChI=1S/C22H20N4/c23-15-24-22-25-20(17-10-5-2-6-11-17)19-13-7-12-18(21(19)26-22)14-16-8-3-1-4-9-16/h1-6,8-11,14,20H,7,12-13H2,(H2,24,25,26)/b18-14+. The maximum absolute atomic E-state index is 9.06. The molecule has 1 atom stereocenters. The SMILES string of the molecule is N#CNC1=NC(c2ccccc2)C2=C(N1)/C(=C/c1ccccc1)CCC2. The van der Waals surface area contributed by atoms with E-state index >= 15 is 0 Å². The number of nitrogens with zero attached hydrogens (tertiary/aromatic N) is 2. The minimum absolute atomic E-state index is 0.0530. The summed E-state index contributed by atoms with van der Waals surface area (Å²) in [5.74, 6) is 0.515. The van der Waals surface area contributed by atoms with E-state index in [-0.39, 0.29) is 6.04 Å². The lowest BCUT2D eigenvalue weighted by Crippen LogP contribution is -2.39. The van der Waals surface area contributed by atoms with Gasteiger partial charge in [0.2, 0.25) is 5.96 Å². The minimum Gasteiger partial charge on any atom is -0.325 e. The fraction of sp³-hybridized carbons (Fsp3) is 0.182. The smallest absolute Gasteiger partial charge is 0.210 e. The van der Waals surface area contributed by atoms with Gasteiger partial charge in [-0.3, -0.25) is 5.32 Å². The van der Waals surface area contributed by atoms with Crippen molar-refractivity contribution in [2.75, 3.05) is 0 Å². The molecule has 0 fully saturated rings. The summed E-state index contributed by atoms with van der Waals surface area (Å²) in [6, 6.07) is 20.6. The highest BCUT2D eigenvalue weighted by molar-refractivity contribution is 5.86. The van der Waals surface area contributed by atoms with Crippen molar-refractivity contribution < 1.29 is 0 Å². The van der Waals surface area contributed by atoms with Crippen LogP contribution in [0.5, 0.6) is 0 Å². The van der Waals surface area contributed by atoms with Gasteiger partial charge in [0, 0.05) is 5.70 Å². The van der Waals surface area contributed by atoms with Crippen LogP contribution >= 0.6 is 0 Å². The number of allylic oxidation sites excluding steroid dienone is 1. The second kappa shape index (κ2) is 7.28. The molecule has 0 saturated heterocycles. The van der Waals surface area contributed by atoms with Crippen LogP contribution in [0.2, 0.25) is 0 Å². The van der Waals surface area contributed by atoms with Crippen LogP contribution in [0, 0.1) is 11.5 Å². The van der Waals surface area contributed by atoms with Crippen molar-refractivity contribution in [2.24, 2.45) is 4.99 Å². The van der Waals surface area contributed by atoms with Crippen LogP contribution in [0.3, 0.4) is 0 Å². The summed E-state index contributed by atoms with van der Waals surface area (Å²) in [6.07, 6.45) is 7.36. The van der Waals surface area contributed by atoms with E-state index in [1.807, 2.05) is 30.5 Å². The molecule has 0 amide bonds. The first-order valence-corrected chi connectivity index (χ1v) is 8.89. The van der Waals surface area contributed by atoms with Crippen LogP contribution in [-0.4, -0.2) is 5.96 Å². The molecule has 4 rings (SSSR count). The number of aliphatic imine (C=N–C) groups is 1. The Morgan fingerprint density at radius 3 is 2.50 bits per heavy atom. The van der Waals surface area contributed by atoms with Crippen LogP contribution < -0.4 is 10.6 Å². The number of nitrogens with one attached hydrogen (secondary N) is 2. The van der Waals surface area contributed by atoms with E-state index in [0.717, 1.165) is 30.5 Å². The third-order valence-electron chi connectivity index (χ3n) is 4.80. The molecule has 2 aromatic rings. The number of benzene rings is 2. The third kappa shape index (κ3) is 3.25. The molecule has 128 valence electrons. The van der Waals surface area contributed by atoms with E-state index in [9.17, 15) is 0 Å². The maximum Gasteiger partial charge on any atom is 0.210 e. The van der Waals surface area contributed by atoms with Gasteiger partial charge in [-0.25, -0.2) is 4.99 Å². The molecule has 0 spiro atoms. The quantitative estimate of drug-likeness (QED) is 0.634. The Balaban J connectivity index is 1.78. The monoisotopic (exact) mass is 340 g/mol. The highest BCUT2D eigenvalue weighted by Gasteiger charge is 2.29. The number of nitriles is 1. The summed E-state index contributed by atoms with van der Waals surface area (Å²) >= 11 is 0. The van der Waals surface area contributed by atoms with E-state index in [1.165, 1.54) is 16.7 Å². The van der Waals surface area contributed by atoms with E-state index in [0.29, 0.717) is 5.96 Å². The van der Waals surface area contributed by atoms with E-state index in [2.05, 4.69) is 53.1 Å². The Kier molecular flexibility index (Phi) is 4.53. The van der Waals surface area contributed by atoms with Crippen molar-refractivity contribution in [2.45, 2.75) is 25.3 Å². The summed E-state index contributed by atoms with van der Waals surface area (Å²) < 4.78 is 0. The predicted octanol–water partition coefficient (Wildman–Crippen LogP) is 4.28. The van der Waals surface area contributed by atoms with Crippen molar-refractivity contribution in [1.29, 1.82) is 5.26 Å². The summed E-state index contributed by atoms with van der Waals surface area (Å²) in [5.41, 5.74) is 6.02. The number of hydrogen-bond acceptors (Lipinski definition) is 4. The molecule has 2 aliphatic rings. The Labute approximate surface area is 153 Å². The Morgan fingerprint density at radius 1 is 1.04 bits per heavy atom. The molecule has 0 aromatic heterocycles. The molecule has 1 heterocycles. The molecule has 4 heteroatoms. The zero-order chi connectivity index (χ0) is 17.8. The van der Waals surface area contributed by atoms with Gasteiger partial charge < -0.3 is 5.32 Å². The Morgan fingerprint density at radius 2 is 1.77 bits per heavy atom. The van der Waals surface area contributed by atoms with Crippen LogP contribution in [-0.2, 0) is 0 Å². The molecule has 4 nitrogen and oxygen atoms in total. The normalized spacial score (nSPS) is 20.7. The highest BCUT2D eigenvalue weighted by Crippen LogP contribution is 2.40. The van der Waals surface area contributed by atoms with Gasteiger partial charge in [0.1, 0.15) is 6.04 Å². The van der Waals surface area contributed by atoms with Crippen LogP contribution in [0.15, 0.2) is 82.5 Å². The maximum atomic E-state index is 9.06. The third-order valence-corrected chi connectivity index (χ3v) is 4.80. The van der Waals surface area contributed by atoms with Gasteiger partial charge in [-0.15, -0.1) is 0 Å². The van der Waals surface area contributed by atoms with Crippen LogP contribution in [0.25, 0.3) is 6.08 Å².